The molecule has 3 aromatic heterocycles. The Morgan fingerprint density at radius 2 is 1.07 bits per heavy atom. The summed E-state index contributed by atoms with van der Waals surface area (Å²) in [6.45, 7) is 0. The van der Waals surface area contributed by atoms with Crippen LogP contribution < -0.4 is 20.5 Å². The third-order valence-electron chi connectivity index (χ3n) is 7.81. The van der Waals surface area contributed by atoms with E-state index in [9.17, 15) is 0 Å². The van der Waals surface area contributed by atoms with Crippen molar-refractivity contribution >= 4 is 28.2 Å². The number of hydrogen-bond donors (Lipinski definition) is 3. The molecule has 0 spiro atoms. The van der Waals surface area contributed by atoms with Gasteiger partial charge in [-0.05, 0) is 77.9 Å². The number of fused-ring (bicyclic) bond motifs is 8. The van der Waals surface area contributed by atoms with E-state index in [1.165, 1.54) is 11.4 Å². The van der Waals surface area contributed by atoms with Gasteiger partial charge in [-0.1, -0.05) is 30.3 Å². The Morgan fingerprint density at radius 3 is 1.65 bits per heavy atom. The lowest BCUT2D eigenvalue weighted by atomic mass is 10.0. The van der Waals surface area contributed by atoms with Gasteiger partial charge >= 0.3 is 0 Å². The van der Waals surface area contributed by atoms with Crippen molar-refractivity contribution in [2.75, 3.05) is 38.0 Å². The van der Waals surface area contributed by atoms with Gasteiger partial charge in [0, 0.05) is 72.8 Å². The zero-order chi connectivity index (χ0) is 27.4. The predicted octanol–water partition coefficient (Wildman–Crippen LogP) is 4.60. The van der Waals surface area contributed by atoms with E-state index in [2.05, 4.69) is 150 Å². The minimum absolute atomic E-state index is 0.0752. The van der Waals surface area contributed by atoms with Crippen molar-refractivity contribution in [3.8, 4) is 0 Å². The summed E-state index contributed by atoms with van der Waals surface area (Å²) in [7, 11) is 8.25. The largest absolute Gasteiger partial charge is 0.378 e. The number of nitrogens with one attached hydrogen (secondary N) is 3. The van der Waals surface area contributed by atoms with Crippen LogP contribution in [-0.2, 0) is 0 Å². The molecule has 40 heavy (non-hydrogen) atoms. The first-order valence-corrected chi connectivity index (χ1v) is 13.6. The number of aromatic amines is 3. The van der Waals surface area contributed by atoms with Gasteiger partial charge < -0.3 is 24.8 Å². The molecule has 198 valence electrons. The maximum absolute atomic E-state index is 5.20. The Morgan fingerprint density at radius 1 is 0.550 bits per heavy atom. The highest BCUT2D eigenvalue weighted by Gasteiger charge is 2.21. The molecular formula is C34H32N6. The second kappa shape index (κ2) is 9.35. The van der Waals surface area contributed by atoms with Crippen LogP contribution in [-0.4, -0.2) is 48.9 Å². The van der Waals surface area contributed by atoms with Crippen molar-refractivity contribution in [3.05, 3.63) is 141 Å². The molecule has 6 heteroatoms. The zero-order valence-electron chi connectivity index (χ0n) is 23.2. The molecule has 0 fully saturated rings. The fourth-order valence-corrected chi connectivity index (χ4v) is 5.62. The van der Waals surface area contributed by atoms with Gasteiger partial charge in [0.25, 0.3) is 0 Å². The van der Waals surface area contributed by atoms with Crippen molar-refractivity contribution in [1.29, 1.82) is 0 Å². The molecule has 6 nitrogen and oxygen atoms in total. The monoisotopic (exact) mass is 524 g/mol. The highest BCUT2D eigenvalue weighted by molar-refractivity contribution is 6.29. The van der Waals surface area contributed by atoms with E-state index in [-0.39, 0.29) is 6.04 Å². The Labute approximate surface area is 233 Å². The summed E-state index contributed by atoms with van der Waals surface area (Å²) in [5, 5.41) is 4.18. The Balaban J connectivity index is 1.50. The topological polar surface area (TPSA) is 66.2 Å². The molecule has 0 radical (unpaired) electrons. The molecule has 2 aliphatic rings. The number of allylic oxidation sites excluding steroid dienone is 1. The second-order valence-corrected chi connectivity index (χ2v) is 10.8. The third kappa shape index (κ3) is 4.09. The minimum Gasteiger partial charge on any atom is -0.378 e. The number of benzene rings is 2. The summed E-state index contributed by atoms with van der Waals surface area (Å²) >= 11 is 0. The molecule has 2 aromatic carbocycles. The summed E-state index contributed by atoms with van der Waals surface area (Å²) < 4.78 is 0. The fourth-order valence-electron chi connectivity index (χ4n) is 5.62. The predicted molar refractivity (Wildman–Crippen MR) is 164 cm³/mol. The van der Waals surface area contributed by atoms with Crippen LogP contribution in [0.1, 0.15) is 28.6 Å². The van der Waals surface area contributed by atoms with E-state index in [1.54, 1.807) is 0 Å². The van der Waals surface area contributed by atoms with Gasteiger partial charge in [-0.2, -0.15) is 0 Å². The molecule has 7 rings (SSSR count). The molecule has 0 amide bonds. The first kappa shape index (κ1) is 24.1. The van der Waals surface area contributed by atoms with Crippen LogP contribution in [0.3, 0.4) is 0 Å². The lowest BCUT2D eigenvalue weighted by Crippen LogP contribution is -2.15. The smallest absolute Gasteiger partial charge is 0.109 e. The number of rotatable bonds is 4. The van der Waals surface area contributed by atoms with Gasteiger partial charge in [-0.3, -0.25) is 4.99 Å². The third-order valence-corrected chi connectivity index (χ3v) is 7.81. The molecular weight excluding hydrogens is 492 g/mol. The maximum Gasteiger partial charge on any atom is 0.109 e. The summed E-state index contributed by atoms with van der Waals surface area (Å²) in [4.78, 5) is 20.5. The van der Waals surface area contributed by atoms with Crippen LogP contribution in [0.25, 0.3) is 11.1 Å². The SMILES string of the molecule is CN(C)c1ccc(/C2=c3\cc/c([nH]3)=c3\cc/c([nH]3)=C(\c3ccc(N(C)C)cc3)c3ccc([nH]3)C3C=CC2=N3)cc1. The Kier molecular flexibility index (Phi) is 5.63. The number of aromatic nitrogens is 3. The normalized spacial score (nSPS) is 19.3. The van der Waals surface area contributed by atoms with Crippen LogP contribution in [0.5, 0.6) is 0 Å². The molecule has 1 unspecified atom stereocenters. The molecule has 3 N–H and O–H groups in total. The molecule has 2 aliphatic heterocycles. The van der Waals surface area contributed by atoms with Crippen LogP contribution in [0.4, 0.5) is 11.4 Å². The number of anilines is 2. The summed E-state index contributed by atoms with van der Waals surface area (Å²) in [5.41, 5.74) is 9.95. The molecule has 8 bridgehead atoms. The Hall–Kier alpha value is -4.97. The standard InChI is InChI=1S/C34H32N6/c1-39(2)23-9-5-21(6-10-23)33-29-17-13-25(35-29)27-15-19-31(37-27)34(22-7-11-24(12-8-22)40(3)4)32-20-16-28(38-32)26-14-18-30(33)36-26/h5-20,25,36-38H,1-4H3/b28-26-,33-30-,34-32-. The highest BCUT2D eigenvalue weighted by atomic mass is 15.1. The van der Waals surface area contributed by atoms with E-state index in [1.807, 2.05) is 0 Å². The molecule has 0 saturated heterocycles. The van der Waals surface area contributed by atoms with Crippen LogP contribution >= 0.6 is 0 Å². The minimum atomic E-state index is -0.0752. The van der Waals surface area contributed by atoms with Crippen LogP contribution in [0.2, 0.25) is 0 Å². The van der Waals surface area contributed by atoms with Crippen LogP contribution in [0, 0.1) is 10.7 Å². The Bertz CT molecular complexity index is 1990. The van der Waals surface area contributed by atoms with Crippen molar-refractivity contribution in [3.63, 3.8) is 0 Å². The van der Waals surface area contributed by atoms with Crippen molar-refractivity contribution in [1.82, 2.24) is 15.0 Å². The van der Waals surface area contributed by atoms with Crippen LogP contribution in [0.15, 0.2) is 102 Å². The van der Waals surface area contributed by atoms with E-state index in [0.29, 0.717) is 0 Å². The van der Waals surface area contributed by atoms with Gasteiger partial charge in [0.15, 0.2) is 0 Å². The van der Waals surface area contributed by atoms with Gasteiger partial charge in [0.05, 0.1) is 16.4 Å². The van der Waals surface area contributed by atoms with Crippen molar-refractivity contribution in [2.24, 2.45) is 4.99 Å². The molecule has 5 heterocycles. The summed E-state index contributed by atoms with van der Waals surface area (Å²) in [6, 6.07) is 30.3. The lowest BCUT2D eigenvalue weighted by molar-refractivity contribution is 0.890. The fraction of sp³-hybridized carbons (Fsp3) is 0.147. The quantitative estimate of drug-likeness (QED) is 0.322. The van der Waals surface area contributed by atoms with Gasteiger partial charge in [-0.25, -0.2) is 0 Å². The highest BCUT2D eigenvalue weighted by Crippen LogP contribution is 2.30. The number of hydrogen-bond acceptors (Lipinski definition) is 3. The molecule has 0 saturated carbocycles. The first-order valence-electron chi connectivity index (χ1n) is 13.6. The van der Waals surface area contributed by atoms with Crippen molar-refractivity contribution < 1.29 is 0 Å². The summed E-state index contributed by atoms with van der Waals surface area (Å²) in [6.07, 6.45) is 4.33. The van der Waals surface area contributed by atoms with Gasteiger partial charge in [0.2, 0.25) is 0 Å². The average Bonchev–Trinajstić information content (AvgIpc) is 3.77. The zero-order valence-corrected chi connectivity index (χ0v) is 23.2. The molecule has 1 atom stereocenters. The van der Waals surface area contributed by atoms with E-state index in [4.69, 9.17) is 4.99 Å². The van der Waals surface area contributed by atoms with Crippen molar-refractivity contribution in [2.45, 2.75) is 6.04 Å². The lowest BCUT2D eigenvalue weighted by Gasteiger charge is -2.14. The van der Waals surface area contributed by atoms with E-state index < -0.39 is 0 Å². The summed E-state index contributed by atoms with van der Waals surface area (Å²) in [5.74, 6) is 0. The molecule has 5 aromatic rings. The van der Waals surface area contributed by atoms with E-state index >= 15 is 0 Å². The number of H-pyrrole nitrogens is 3. The molecule has 0 aliphatic carbocycles. The average molecular weight is 525 g/mol. The number of nitrogens with zero attached hydrogens (tertiary/aromatic N) is 3. The maximum atomic E-state index is 5.20. The second-order valence-electron chi connectivity index (χ2n) is 10.8. The van der Waals surface area contributed by atoms with Gasteiger partial charge in [-0.15, -0.1) is 0 Å². The van der Waals surface area contributed by atoms with E-state index in [0.717, 1.165) is 60.8 Å². The number of aliphatic imine (C=N–C) groups is 1. The first-order chi connectivity index (χ1) is 19.4. The van der Waals surface area contributed by atoms with Gasteiger partial charge in [0.1, 0.15) is 6.04 Å².